The predicted octanol–water partition coefficient (Wildman–Crippen LogP) is 8.94. The van der Waals surface area contributed by atoms with Gasteiger partial charge in [-0.15, -0.1) is 0 Å². The summed E-state index contributed by atoms with van der Waals surface area (Å²) in [5.74, 6) is 0. The summed E-state index contributed by atoms with van der Waals surface area (Å²) in [6, 6.07) is 47.4. The first-order valence-electron chi connectivity index (χ1n) is 12.9. The number of benzene rings is 5. The molecule has 0 saturated heterocycles. The van der Waals surface area contributed by atoms with Gasteiger partial charge in [-0.2, -0.15) is 0 Å². The summed E-state index contributed by atoms with van der Waals surface area (Å²) < 4.78 is 4.71. The third-order valence-electron chi connectivity index (χ3n) is 7.56. The Morgan fingerprint density at radius 1 is 0.421 bits per heavy atom. The maximum Gasteiger partial charge on any atom is 0.0949 e. The van der Waals surface area contributed by atoms with E-state index >= 15 is 0 Å². The van der Waals surface area contributed by atoms with Gasteiger partial charge in [0.15, 0.2) is 0 Å². The van der Waals surface area contributed by atoms with Crippen molar-refractivity contribution in [2.24, 2.45) is 0 Å². The minimum Gasteiger partial charge on any atom is -0.309 e. The molecule has 0 saturated carbocycles. The number of hydrogen-bond acceptors (Lipinski definition) is 1. The average molecular weight is 486 g/mol. The molecule has 0 aliphatic rings. The van der Waals surface area contributed by atoms with Crippen LogP contribution in [0.4, 0.5) is 0 Å². The van der Waals surface area contributed by atoms with Crippen molar-refractivity contribution in [3.05, 3.63) is 140 Å². The van der Waals surface area contributed by atoms with E-state index in [2.05, 4.69) is 143 Å². The SMILES string of the molecule is c1ccc(-n2c3ccccc3c3ccc(-c4nccc5c6ccccc6n(-c6ccccc6)c45)cc32)cc1. The van der Waals surface area contributed by atoms with E-state index in [-0.39, 0.29) is 0 Å². The zero-order valence-electron chi connectivity index (χ0n) is 20.6. The Hall–Kier alpha value is -5.15. The molecule has 178 valence electrons. The van der Waals surface area contributed by atoms with Crippen molar-refractivity contribution in [1.82, 2.24) is 14.1 Å². The van der Waals surface area contributed by atoms with Crippen LogP contribution in [0.2, 0.25) is 0 Å². The summed E-state index contributed by atoms with van der Waals surface area (Å²) in [7, 11) is 0. The summed E-state index contributed by atoms with van der Waals surface area (Å²) in [6.07, 6.45) is 1.94. The highest BCUT2D eigenvalue weighted by atomic mass is 15.0. The summed E-state index contributed by atoms with van der Waals surface area (Å²) in [5, 5.41) is 4.93. The van der Waals surface area contributed by atoms with E-state index in [9.17, 15) is 0 Å². The van der Waals surface area contributed by atoms with E-state index in [0.29, 0.717) is 0 Å². The van der Waals surface area contributed by atoms with Crippen LogP contribution in [0.25, 0.3) is 66.2 Å². The molecule has 3 heterocycles. The molecule has 0 atom stereocenters. The van der Waals surface area contributed by atoms with Gasteiger partial charge in [-0.05, 0) is 48.5 Å². The Morgan fingerprint density at radius 3 is 1.68 bits per heavy atom. The molecule has 3 aromatic heterocycles. The second kappa shape index (κ2) is 8.19. The van der Waals surface area contributed by atoms with Crippen molar-refractivity contribution in [1.29, 1.82) is 0 Å². The molecule has 0 fully saturated rings. The molecule has 0 radical (unpaired) electrons. The molecule has 0 amide bonds. The molecule has 0 aliphatic heterocycles. The summed E-state index contributed by atoms with van der Waals surface area (Å²) in [5.41, 5.74) is 9.06. The summed E-state index contributed by atoms with van der Waals surface area (Å²) in [4.78, 5) is 4.99. The van der Waals surface area contributed by atoms with E-state index in [4.69, 9.17) is 4.98 Å². The lowest BCUT2D eigenvalue weighted by molar-refractivity contribution is 1.16. The van der Waals surface area contributed by atoms with Gasteiger partial charge in [0.05, 0.1) is 27.8 Å². The summed E-state index contributed by atoms with van der Waals surface area (Å²) in [6.45, 7) is 0. The number of rotatable bonds is 3. The number of fused-ring (bicyclic) bond motifs is 6. The molecule has 3 nitrogen and oxygen atoms in total. The second-order valence-electron chi connectivity index (χ2n) is 9.66. The average Bonchev–Trinajstić information content (AvgIpc) is 3.51. The Kier molecular flexibility index (Phi) is 4.52. The van der Waals surface area contributed by atoms with Gasteiger partial charge in [0.2, 0.25) is 0 Å². The number of para-hydroxylation sites is 4. The lowest BCUT2D eigenvalue weighted by atomic mass is 10.0. The Bertz CT molecular complexity index is 2120. The van der Waals surface area contributed by atoms with Gasteiger partial charge in [-0.25, -0.2) is 0 Å². The van der Waals surface area contributed by atoms with Crippen LogP contribution >= 0.6 is 0 Å². The lowest BCUT2D eigenvalue weighted by Crippen LogP contribution is -1.97. The minimum atomic E-state index is 0.981. The van der Waals surface area contributed by atoms with Gasteiger partial charge in [-0.1, -0.05) is 84.9 Å². The van der Waals surface area contributed by atoms with Gasteiger partial charge >= 0.3 is 0 Å². The van der Waals surface area contributed by atoms with Crippen LogP contribution in [0.1, 0.15) is 0 Å². The van der Waals surface area contributed by atoms with E-state index in [1.165, 1.54) is 38.1 Å². The van der Waals surface area contributed by atoms with Gasteiger partial charge in [-0.3, -0.25) is 4.98 Å². The largest absolute Gasteiger partial charge is 0.309 e. The molecule has 8 aromatic rings. The zero-order chi connectivity index (χ0) is 25.1. The Morgan fingerprint density at radius 2 is 0.974 bits per heavy atom. The second-order valence-corrected chi connectivity index (χ2v) is 9.66. The third-order valence-corrected chi connectivity index (χ3v) is 7.56. The molecule has 8 rings (SSSR count). The topological polar surface area (TPSA) is 22.8 Å². The normalized spacial score (nSPS) is 11.7. The molecule has 0 bridgehead atoms. The molecule has 0 aliphatic carbocycles. The fourth-order valence-electron chi connectivity index (χ4n) is 5.94. The van der Waals surface area contributed by atoms with Gasteiger partial charge in [0, 0.05) is 44.7 Å². The predicted molar refractivity (Wildman–Crippen MR) is 158 cm³/mol. The highest BCUT2D eigenvalue weighted by molar-refractivity contribution is 6.14. The highest BCUT2D eigenvalue weighted by Crippen LogP contribution is 2.39. The van der Waals surface area contributed by atoms with E-state index in [1.807, 2.05) is 6.20 Å². The zero-order valence-corrected chi connectivity index (χ0v) is 20.6. The Balaban J connectivity index is 1.48. The number of hydrogen-bond donors (Lipinski definition) is 0. The molecule has 0 unspecified atom stereocenters. The van der Waals surface area contributed by atoms with Crippen molar-refractivity contribution in [2.75, 3.05) is 0 Å². The number of pyridine rings is 1. The molecule has 38 heavy (non-hydrogen) atoms. The molecule has 0 N–H and O–H groups in total. The molecule has 0 spiro atoms. The monoisotopic (exact) mass is 485 g/mol. The lowest BCUT2D eigenvalue weighted by Gasteiger charge is -2.12. The molecular weight excluding hydrogens is 462 g/mol. The number of nitrogens with zero attached hydrogens (tertiary/aromatic N) is 3. The highest BCUT2D eigenvalue weighted by Gasteiger charge is 2.19. The minimum absolute atomic E-state index is 0.981. The fourth-order valence-corrected chi connectivity index (χ4v) is 5.94. The standard InChI is InChI=1S/C35H23N3/c1-3-11-25(12-4-1)37-31-17-9-7-15-27(31)29-20-19-24(23-33(29)37)34-35-30(21-22-36-34)28-16-8-10-18-32(28)38(35)26-13-5-2-6-14-26/h1-23H. The fraction of sp³-hybridized carbons (Fsp3) is 0. The van der Waals surface area contributed by atoms with Crippen LogP contribution in [0.15, 0.2) is 140 Å². The van der Waals surface area contributed by atoms with Gasteiger partial charge in [0.1, 0.15) is 0 Å². The van der Waals surface area contributed by atoms with E-state index in [0.717, 1.165) is 28.1 Å². The van der Waals surface area contributed by atoms with Gasteiger partial charge in [0.25, 0.3) is 0 Å². The van der Waals surface area contributed by atoms with Crippen LogP contribution in [0.3, 0.4) is 0 Å². The maximum atomic E-state index is 4.99. The van der Waals surface area contributed by atoms with Crippen LogP contribution < -0.4 is 0 Å². The first kappa shape index (κ1) is 21.0. The number of aromatic nitrogens is 3. The molecule has 3 heteroatoms. The van der Waals surface area contributed by atoms with E-state index in [1.54, 1.807) is 0 Å². The quantitative estimate of drug-likeness (QED) is 0.245. The van der Waals surface area contributed by atoms with Crippen LogP contribution in [-0.2, 0) is 0 Å². The van der Waals surface area contributed by atoms with Crippen molar-refractivity contribution >= 4 is 43.6 Å². The Labute approximate surface area is 219 Å². The van der Waals surface area contributed by atoms with Crippen molar-refractivity contribution in [3.8, 4) is 22.6 Å². The van der Waals surface area contributed by atoms with Crippen molar-refractivity contribution in [3.63, 3.8) is 0 Å². The smallest absolute Gasteiger partial charge is 0.0949 e. The summed E-state index contributed by atoms with van der Waals surface area (Å²) >= 11 is 0. The van der Waals surface area contributed by atoms with Crippen LogP contribution in [0.5, 0.6) is 0 Å². The van der Waals surface area contributed by atoms with Crippen LogP contribution in [0, 0.1) is 0 Å². The van der Waals surface area contributed by atoms with Crippen molar-refractivity contribution in [2.45, 2.75) is 0 Å². The van der Waals surface area contributed by atoms with Crippen LogP contribution in [-0.4, -0.2) is 14.1 Å². The first-order valence-corrected chi connectivity index (χ1v) is 12.9. The molecular formula is C35H23N3. The maximum absolute atomic E-state index is 4.99. The van der Waals surface area contributed by atoms with E-state index < -0.39 is 0 Å². The van der Waals surface area contributed by atoms with Gasteiger partial charge < -0.3 is 9.13 Å². The first-order chi connectivity index (χ1) is 18.9. The molecule has 5 aromatic carbocycles. The third kappa shape index (κ3) is 2.99. The van der Waals surface area contributed by atoms with Crippen molar-refractivity contribution < 1.29 is 0 Å².